The number of hydrogen-bond acceptors (Lipinski definition) is 6. The highest BCUT2D eigenvalue weighted by Gasteiger charge is 2.27. The first kappa shape index (κ1) is 16.9. The van der Waals surface area contributed by atoms with Crippen LogP contribution in [0.2, 0.25) is 0 Å². The van der Waals surface area contributed by atoms with Crippen LogP contribution in [-0.4, -0.2) is 48.9 Å². The summed E-state index contributed by atoms with van der Waals surface area (Å²) in [5.41, 5.74) is 0. The van der Waals surface area contributed by atoms with Crippen LogP contribution < -0.4 is 24.2 Å². The molecule has 1 atom stereocenters. The molecule has 1 aliphatic heterocycles. The molecule has 22 heavy (non-hydrogen) atoms. The van der Waals surface area contributed by atoms with Crippen molar-refractivity contribution < 1.29 is 22.6 Å². The molecule has 1 heterocycles. The molecule has 1 aliphatic rings. The van der Waals surface area contributed by atoms with Gasteiger partial charge in [0.2, 0.25) is 10.0 Å². The second kappa shape index (κ2) is 7.17. The maximum absolute atomic E-state index is 12.6. The summed E-state index contributed by atoms with van der Waals surface area (Å²) in [6.45, 7) is 1.25. The molecule has 2 N–H and O–H groups in total. The summed E-state index contributed by atoms with van der Waals surface area (Å²) in [7, 11) is 0.556. The van der Waals surface area contributed by atoms with Gasteiger partial charge in [-0.1, -0.05) is 0 Å². The summed E-state index contributed by atoms with van der Waals surface area (Å²) in [5, 5.41) is 3.25. The standard InChI is InChI=1S/C14H22N2O5S/c1-19-11-7-12(20-2)14(13(8-11)21-3)22(17,18)16-9-10-5-4-6-15-10/h7-8,10,15-16H,4-6,9H2,1-3H3. The number of benzene rings is 1. The Kier molecular flexibility index (Phi) is 5.49. The van der Waals surface area contributed by atoms with Crippen LogP contribution in [0, 0.1) is 0 Å². The molecule has 0 amide bonds. The SMILES string of the molecule is COc1cc(OC)c(S(=O)(=O)NCC2CCCN2)c(OC)c1. The molecule has 0 aromatic heterocycles. The minimum absolute atomic E-state index is 0.0173. The Morgan fingerprint density at radius 1 is 1.18 bits per heavy atom. The van der Waals surface area contributed by atoms with Gasteiger partial charge in [-0.15, -0.1) is 0 Å². The topological polar surface area (TPSA) is 85.9 Å². The van der Waals surface area contributed by atoms with Crippen molar-refractivity contribution >= 4 is 10.0 Å². The van der Waals surface area contributed by atoms with Gasteiger partial charge in [-0.05, 0) is 19.4 Å². The van der Waals surface area contributed by atoms with Crippen molar-refractivity contribution in [3.63, 3.8) is 0 Å². The summed E-state index contributed by atoms with van der Waals surface area (Å²) < 4.78 is 43.3. The van der Waals surface area contributed by atoms with Crippen LogP contribution in [-0.2, 0) is 10.0 Å². The molecule has 1 saturated heterocycles. The molecule has 0 spiro atoms. The number of ether oxygens (including phenoxy) is 3. The average molecular weight is 330 g/mol. The van der Waals surface area contributed by atoms with Gasteiger partial charge in [0.15, 0.2) is 4.90 Å². The number of sulfonamides is 1. The highest BCUT2D eigenvalue weighted by atomic mass is 32.2. The zero-order valence-electron chi connectivity index (χ0n) is 13.0. The van der Waals surface area contributed by atoms with E-state index in [2.05, 4.69) is 10.0 Å². The van der Waals surface area contributed by atoms with Crippen LogP contribution in [0.25, 0.3) is 0 Å². The molecule has 0 aliphatic carbocycles. The Morgan fingerprint density at radius 3 is 2.27 bits per heavy atom. The molecule has 124 valence electrons. The fourth-order valence-corrected chi connectivity index (χ4v) is 3.83. The molecule has 1 aromatic rings. The first-order chi connectivity index (χ1) is 10.5. The number of rotatable bonds is 7. The molecule has 1 fully saturated rings. The number of methoxy groups -OCH3 is 3. The lowest BCUT2D eigenvalue weighted by Gasteiger charge is -2.17. The van der Waals surface area contributed by atoms with Gasteiger partial charge in [0.25, 0.3) is 0 Å². The Balaban J connectivity index is 2.31. The molecule has 0 radical (unpaired) electrons. The lowest BCUT2D eigenvalue weighted by atomic mass is 10.2. The minimum atomic E-state index is -3.75. The molecule has 2 rings (SSSR count). The van der Waals surface area contributed by atoms with E-state index in [-0.39, 0.29) is 22.4 Å². The molecule has 0 saturated carbocycles. The van der Waals surface area contributed by atoms with Crippen molar-refractivity contribution in [1.82, 2.24) is 10.0 Å². The van der Waals surface area contributed by atoms with E-state index in [1.165, 1.54) is 33.5 Å². The van der Waals surface area contributed by atoms with E-state index in [0.29, 0.717) is 12.3 Å². The van der Waals surface area contributed by atoms with Crippen molar-refractivity contribution in [3.8, 4) is 17.2 Å². The number of hydrogen-bond donors (Lipinski definition) is 2. The van der Waals surface area contributed by atoms with Crippen LogP contribution in [0.15, 0.2) is 17.0 Å². The van der Waals surface area contributed by atoms with E-state index >= 15 is 0 Å². The predicted molar refractivity (Wildman–Crippen MR) is 82.3 cm³/mol. The van der Waals surface area contributed by atoms with Crippen molar-refractivity contribution in [2.75, 3.05) is 34.4 Å². The summed E-state index contributed by atoms with van der Waals surface area (Å²) >= 11 is 0. The molecular formula is C14H22N2O5S. The first-order valence-electron chi connectivity index (χ1n) is 7.05. The zero-order chi connectivity index (χ0) is 16.2. The Labute approximate surface area is 131 Å². The van der Waals surface area contributed by atoms with E-state index in [1.807, 2.05) is 0 Å². The van der Waals surface area contributed by atoms with Gasteiger partial charge in [-0.25, -0.2) is 13.1 Å². The van der Waals surface area contributed by atoms with Gasteiger partial charge < -0.3 is 19.5 Å². The molecule has 1 aromatic carbocycles. The maximum Gasteiger partial charge on any atom is 0.248 e. The molecule has 7 nitrogen and oxygen atoms in total. The number of nitrogens with one attached hydrogen (secondary N) is 2. The highest BCUT2D eigenvalue weighted by molar-refractivity contribution is 7.89. The lowest BCUT2D eigenvalue weighted by Crippen LogP contribution is -2.37. The normalized spacial score (nSPS) is 18.2. The second-order valence-electron chi connectivity index (χ2n) is 5.01. The van der Waals surface area contributed by atoms with Crippen LogP contribution in [0.1, 0.15) is 12.8 Å². The molecule has 8 heteroatoms. The third kappa shape index (κ3) is 3.63. The second-order valence-corrected chi connectivity index (χ2v) is 6.71. The van der Waals surface area contributed by atoms with E-state index in [1.54, 1.807) is 0 Å². The smallest absolute Gasteiger partial charge is 0.248 e. The lowest BCUT2D eigenvalue weighted by molar-refractivity contribution is 0.358. The minimum Gasteiger partial charge on any atom is -0.496 e. The monoisotopic (exact) mass is 330 g/mol. The van der Waals surface area contributed by atoms with Crippen molar-refractivity contribution in [1.29, 1.82) is 0 Å². The van der Waals surface area contributed by atoms with Crippen molar-refractivity contribution in [2.24, 2.45) is 0 Å². The van der Waals surface area contributed by atoms with E-state index in [0.717, 1.165) is 19.4 Å². The quantitative estimate of drug-likeness (QED) is 0.767. The fourth-order valence-electron chi connectivity index (χ4n) is 2.45. The zero-order valence-corrected chi connectivity index (χ0v) is 13.8. The molecular weight excluding hydrogens is 308 g/mol. The third-order valence-corrected chi connectivity index (χ3v) is 5.11. The van der Waals surface area contributed by atoms with E-state index in [4.69, 9.17) is 14.2 Å². The van der Waals surface area contributed by atoms with E-state index in [9.17, 15) is 8.42 Å². The van der Waals surface area contributed by atoms with Crippen LogP contribution in [0.5, 0.6) is 17.2 Å². The van der Waals surface area contributed by atoms with Gasteiger partial charge in [-0.2, -0.15) is 0 Å². The summed E-state index contributed by atoms with van der Waals surface area (Å²) in [4.78, 5) is -0.0173. The average Bonchev–Trinajstić information content (AvgIpc) is 3.05. The van der Waals surface area contributed by atoms with E-state index < -0.39 is 10.0 Å². The Hall–Kier alpha value is -1.51. The molecule has 1 unspecified atom stereocenters. The van der Waals surface area contributed by atoms with Crippen LogP contribution in [0.4, 0.5) is 0 Å². The third-order valence-electron chi connectivity index (χ3n) is 3.62. The van der Waals surface area contributed by atoms with Gasteiger partial charge in [0, 0.05) is 24.7 Å². The molecule has 0 bridgehead atoms. The van der Waals surface area contributed by atoms with Crippen molar-refractivity contribution in [3.05, 3.63) is 12.1 Å². The Bertz CT molecular complexity index is 587. The van der Waals surface area contributed by atoms with Gasteiger partial charge in [-0.3, -0.25) is 0 Å². The van der Waals surface area contributed by atoms with Gasteiger partial charge >= 0.3 is 0 Å². The van der Waals surface area contributed by atoms with Crippen LogP contribution in [0.3, 0.4) is 0 Å². The predicted octanol–water partition coefficient (Wildman–Crippen LogP) is 0.743. The van der Waals surface area contributed by atoms with Crippen LogP contribution >= 0.6 is 0 Å². The Morgan fingerprint density at radius 2 is 1.82 bits per heavy atom. The van der Waals surface area contributed by atoms with Crippen molar-refractivity contribution in [2.45, 2.75) is 23.8 Å². The first-order valence-corrected chi connectivity index (χ1v) is 8.53. The summed E-state index contributed by atoms with van der Waals surface area (Å²) in [5.74, 6) is 0.830. The highest BCUT2D eigenvalue weighted by Crippen LogP contribution is 2.37. The summed E-state index contributed by atoms with van der Waals surface area (Å²) in [6, 6.07) is 3.19. The summed E-state index contributed by atoms with van der Waals surface area (Å²) in [6.07, 6.45) is 2.01. The largest absolute Gasteiger partial charge is 0.496 e. The fraction of sp³-hybridized carbons (Fsp3) is 0.571. The van der Waals surface area contributed by atoms with Gasteiger partial charge in [0.05, 0.1) is 21.3 Å². The van der Waals surface area contributed by atoms with Gasteiger partial charge in [0.1, 0.15) is 17.2 Å². The maximum atomic E-state index is 12.6.